The second-order valence-electron chi connectivity index (χ2n) is 5.76. The van der Waals surface area contributed by atoms with Crippen LogP contribution in [0.25, 0.3) is 0 Å². The van der Waals surface area contributed by atoms with Crippen molar-refractivity contribution in [1.82, 2.24) is 21.2 Å². The molecule has 0 aliphatic carbocycles. The molecule has 3 N–H and O–H groups in total. The van der Waals surface area contributed by atoms with E-state index in [4.69, 9.17) is 0 Å². The first kappa shape index (κ1) is 17.4. The second-order valence-corrected chi connectivity index (χ2v) is 5.76. The predicted octanol–water partition coefficient (Wildman–Crippen LogP) is 2.27. The molecule has 3 atom stereocenters. The van der Waals surface area contributed by atoms with Gasteiger partial charge in [-0.3, -0.25) is 15.2 Å². The van der Waals surface area contributed by atoms with Gasteiger partial charge in [-0.25, -0.2) is 5.43 Å². The standard InChI is InChI=1S/C17H17F3N4O/c18-17(19,20)15(13-8-4-5-9-21-13)23-16(25)12-10-22-24-14(12)11-6-2-1-3-7-11/h1-9,12,14-15,22,24H,10H2,(H,23,25). The molecule has 25 heavy (non-hydrogen) atoms. The molecule has 8 heteroatoms. The minimum absolute atomic E-state index is 0.234. The molecular weight excluding hydrogens is 333 g/mol. The van der Waals surface area contributed by atoms with E-state index < -0.39 is 30.1 Å². The number of pyridine rings is 1. The van der Waals surface area contributed by atoms with Crippen LogP contribution in [0.5, 0.6) is 0 Å². The van der Waals surface area contributed by atoms with Crippen molar-refractivity contribution in [1.29, 1.82) is 0 Å². The zero-order chi connectivity index (χ0) is 17.9. The molecule has 2 heterocycles. The van der Waals surface area contributed by atoms with Crippen molar-refractivity contribution >= 4 is 5.91 Å². The largest absolute Gasteiger partial charge is 0.414 e. The number of nitrogens with zero attached hydrogens (tertiary/aromatic N) is 1. The molecule has 2 aromatic rings. The Kier molecular flexibility index (Phi) is 5.00. The molecule has 1 amide bonds. The van der Waals surface area contributed by atoms with Gasteiger partial charge in [-0.2, -0.15) is 13.2 Å². The fraction of sp³-hybridized carbons (Fsp3) is 0.294. The first-order valence-corrected chi connectivity index (χ1v) is 7.78. The fourth-order valence-electron chi connectivity index (χ4n) is 2.84. The smallest absolute Gasteiger partial charge is 0.339 e. The third-order valence-electron chi connectivity index (χ3n) is 4.07. The summed E-state index contributed by atoms with van der Waals surface area (Å²) in [6.07, 6.45) is -3.36. The van der Waals surface area contributed by atoms with E-state index in [0.29, 0.717) is 0 Å². The molecule has 1 fully saturated rings. The fourth-order valence-corrected chi connectivity index (χ4v) is 2.84. The molecule has 132 valence electrons. The topological polar surface area (TPSA) is 66.0 Å². The number of carbonyl (C=O) groups excluding carboxylic acids is 1. The lowest BCUT2D eigenvalue weighted by atomic mass is 9.94. The van der Waals surface area contributed by atoms with E-state index in [1.54, 1.807) is 0 Å². The van der Waals surface area contributed by atoms with Crippen molar-refractivity contribution in [3.8, 4) is 0 Å². The van der Waals surface area contributed by atoms with Gasteiger partial charge < -0.3 is 5.32 Å². The number of nitrogens with one attached hydrogen (secondary N) is 3. The molecule has 0 radical (unpaired) electrons. The summed E-state index contributed by atoms with van der Waals surface area (Å²) in [6.45, 7) is 0.234. The average molecular weight is 350 g/mol. The minimum Gasteiger partial charge on any atom is -0.339 e. The van der Waals surface area contributed by atoms with E-state index in [9.17, 15) is 18.0 Å². The van der Waals surface area contributed by atoms with Crippen molar-refractivity contribution in [2.24, 2.45) is 5.92 Å². The Balaban J connectivity index is 1.79. The Labute approximate surface area is 142 Å². The highest BCUT2D eigenvalue weighted by Gasteiger charge is 2.45. The van der Waals surface area contributed by atoms with Crippen molar-refractivity contribution < 1.29 is 18.0 Å². The monoisotopic (exact) mass is 350 g/mol. The number of benzene rings is 1. The summed E-state index contributed by atoms with van der Waals surface area (Å²) in [5.74, 6) is -1.35. The summed E-state index contributed by atoms with van der Waals surface area (Å²) in [6, 6.07) is 10.8. The zero-order valence-electron chi connectivity index (χ0n) is 13.1. The van der Waals surface area contributed by atoms with Crippen LogP contribution in [0.4, 0.5) is 13.2 Å². The summed E-state index contributed by atoms with van der Waals surface area (Å²) in [4.78, 5) is 16.3. The summed E-state index contributed by atoms with van der Waals surface area (Å²) in [5, 5.41) is 2.11. The van der Waals surface area contributed by atoms with Gasteiger partial charge in [-0.05, 0) is 17.7 Å². The number of hydrazine groups is 1. The van der Waals surface area contributed by atoms with Gasteiger partial charge in [0.2, 0.25) is 5.91 Å². The van der Waals surface area contributed by atoms with Crippen LogP contribution in [0.1, 0.15) is 23.3 Å². The van der Waals surface area contributed by atoms with E-state index in [1.807, 2.05) is 30.3 Å². The van der Waals surface area contributed by atoms with Crippen LogP contribution < -0.4 is 16.2 Å². The maximum atomic E-state index is 13.4. The second kappa shape index (κ2) is 7.20. The van der Waals surface area contributed by atoms with Gasteiger partial charge in [0.05, 0.1) is 17.7 Å². The molecule has 5 nitrogen and oxygen atoms in total. The summed E-state index contributed by atoms with van der Waals surface area (Å²) >= 11 is 0. The van der Waals surface area contributed by atoms with Crippen LogP contribution >= 0.6 is 0 Å². The van der Waals surface area contributed by atoms with Crippen LogP contribution in [0.15, 0.2) is 54.7 Å². The van der Waals surface area contributed by atoms with E-state index in [0.717, 1.165) is 5.56 Å². The third-order valence-corrected chi connectivity index (χ3v) is 4.07. The van der Waals surface area contributed by atoms with Crippen molar-refractivity contribution in [2.45, 2.75) is 18.3 Å². The van der Waals surface area contributed by atoms with Gasteiger partial charge in [-0.1, -0.05) is 36.4 Å². The van der Waals surface area contributed by atoms with E-state index in [2.05, 4.69) is 21.2 Å². The normalized spacial score (nSPS) is 21.7. The maximum Gasteiger partial charge on any atom is 0.414 e. The van der Waals surface area contributed by atoms with Gasteiger partial charge in [0, 0.05) is 12.7 Å². The average Bonchev–Trinajstić information content (AvgIpc) is 3.10. The molecule has 0 spiro atoms. The van der Waals surface area contributed by atoms with Gasteiger partial charge in [0.1, 0.15) is 0 Å². The van der Waals surface area contributed by atoms with Crippen molar-refractivity contribution in [3.05, 3.63) is 66.0 Å². The number of carbonyl (C=O) groups is 1. The molecule has 1 aliphatic rings. The zero-order valence-corrected chi connectivity index (χ0v) is 13.1. The van der Waals surface area contributed by atoms with E-state index >= 15 is 0 Å². The molecule has 1 aromatic heterocycles. The van der Waals surface area contributed by atoms with Crippen LogP contribution in [0.3, 0.4) is 0 Å². The summed E-state index contributed by atoms with van der Waals surface area (Å²) in [7, 11) is 0. The summed E-state index contributed by atoms with van der Waals surface area (Å²) in [5.41, 5.74) is 6.38. The number of halogens is 3. The number of aromatic nitrogens is 1. The quantitative estimate of drug-likeness (QED) is 0.791. The molecule has 1 aliphatic heterocycles. The summed E-state index contributed by atoms with van der Waals surface area (Å²) < 4.78 is 40.2. The number of rotatable bonds is 4. The van der Waals surface area contributed by atoms with E-state index in [-0.39, 0.29) is 12.2 Å². The Morgan fingerprint density at radius 1 is 1.16 bits per heavy atom. The van der Waals surface area contributed by atoms with Gasteiger partial charge in [0.25, 0.3) is 0 Å². The lowest BCUT2D eigenvalue weighted by molar-refractivity contribution is -0.165. The first-order chi connectivity index (χ1) is 12.0. The third kappa shape index (κ3) is 3.97. The maximum absolute atomic E-state index is 13.4. The van der Waals surface area contributed by atoms with Crippen molar-refractivity contribution in [3.63, 3.8) is 0 Å². The Hall–Kier alpha value is -2.45. The van der Waals surface area contributed by atoms with Crippen LogP contribution in [-0.4, -0.2) is 23.6 Å². The highest BCUT2D eigenvalue weighted by Crippen LogP contribution is 2.33. The predicted molar refractivity (Wildman–Crippen MR) is 85.0 cm³/mol. The molecule has 0 saturated carbocycles. The Bertz CT molecular complexity index is 709. The number of alkyl halides is 3. The lowest BCUT2D eigenvalue weighted by Gasteiger charge is -2.24. The Morgan fingerprint density at radius 3 is 2.52 bits per heavy atom. The molecule has 0 bridgehead atoms. The van der Waals surface area contributed by atoms with E-state index in [1.165, 1.54) is 24.4 Å². The highest BCUT2D eigenvalue weighted by molar-refractivity contribution is 5.80. The number of hydrogen-bond acceptors (Lipinski definition) is 4. The highest BCUT2D eigenvalue weighted by atomic mass is 19.4. The lowest BCUT2D eigenvalue weighted by Crippen LogP contribution is -2.43. The van der Waals surface area contributed by atoms with Gasteiger partial charge in [-0.15, -0.1) is 0 Å². The van der Waals surface area contributed by atoms with Gasteiger partial charge in [0.15, 0.2) is 6.04 Å². The van der Waals surface area contributed by atoms with Gasteiger partial charge >= 0.3 is 6.18 Å². The minimum atomic E-state index is -4.63. The molecule has 1 aromatic carbocycles. The van der Waals surface area contributed by atoms with Crippen LogP contribution in [-0.2, 0) is 4.79 Å². The number of hydrogen-bond donors (Lipinski definition) is 3. The SMILES string of the molecule is O=C(NC(c1ccccn1)C(F)(F)F)C1CNNC1c1ccccc1. The first-order valence-electron chi connectivity index (χ1n) is 7.78. The molecule has 1 saturated heterocycles. The van der Waals surface area contributed by atoms with Crippen molar-refractivity contribution in [2.75, 3.05) is 6.54 Å². The number of amides is 1. The molecule has 3 unspecified atom stereocenters. The molecule has 3 rings (SSSR count). The van der Waals surface area contributed by atoms with Crippen LogP contribution in [0, 0.1) is 5.92 Å². The molecular formula is C17H17F3N4O. The Morgan fingerprint density at radius 2 is 1.88 bits per heavy atom. The van der Waals surface area contributed by atoms with Crippen LogP contribution in [0.2, 0.25) is 0 Å².